The summed E-state index contributed by atoms with van der Waals surface area (Å²) in [7, 11) is 0. The van der Waals surface area contributed by atoms with E-state index in [1.54, 1.807) is 12.4 Å². The molecular weight excluding hydrogens is 188 g/mol. The Hall–Kier alpha value is -1.64. The standard InChI is InChI=1S/C12H14N2O/c13-12-5-6-14-8-10(12)7-9-1-3-11(15)4-2-9/h1,5-6,8H,2-4,7H2,(H2,13,14). The molecule has 0 atom stereocenters. The van der Waals surface area contributed by atoms with E-state index in [1.807, 2.05) is 12.1 Å². The molecule has 0 radical (unpaired) electrons. The van der Waals surface area contributed by atoms with Gasteiger partial charge >= 0.3 is 0 Å². The number of hydrogen-bond acceptors (Lipinski definition) is 3. The smallest absolute Gasteiger partial charge is 0.136 e. The van der Waals surface area contributed by atoms with Crippen LogP contribution in [0.25, 0.3) is 0 Å². The Kier molecular flexibility index (Phi) is 2.81. The quantitative estimate of drug-likeness (QED) is 0.745. The molecule has 15 heavy (non-hydrogen) atoms. The van der Waals surface area contributed by atoms with Crippen molar-refractivity contribution in [3.05, 3.63) is 35.7 Å². The first kappa shape index (κ1) is 9.90. The van der Waals surface area contributed by atoms with Gasteiger partial charge in [-0.05, 0) is 24.5 Å². The number of ketones is 1. The zero-order valence-electron chi connectivity index (χ0n) is 8.57. The molecule has 2 N–H and O–H groups in total. The van der Waals surface area contributed by atoms with Crippen LogP contribution >= 0.6 is 0 Å². The van der Waals surface area contributed by atoms with Crippen molar-refractivity contribution in [2.45, 2.75) is 25.7 Å². The molecule has 0 aromatic carbocycles. The molecular formula is C12H14N2O. The van der Waals surface area contributed by atoms with Gasteiger partial charge in [0.15, 0.2) is 0 Å². The van der Waals surface area contributed by atoms with E-state index in [0.717, 1.165) is 24.1 Å². The molecule has 0 saturated carbocycles. The van der Waals surface area contributed by atoms with Crippen LogP contribution in [0, 0.1) is 0 Å². The molecule has 0 unspecified atom stereocenters. The normalized spacial score (nSPS) is 16.3. The van der Waals surface area contributed by atoms with Gasteiger partial charge in [-0.3, -0.25) is 9.78 Å². The molecule has 0 saturated heterocycles. The second kappa shape index (κ2) is 4.26. The lowest BCUT2D eigenvalue weighted by Gasteiger charge is -2.12. The zero-order chi connectivity index (χ0) is 10.7. The maximum absolute atomic E-state index is 11.0. The number of nitrogens with zero attached hydrogens (tertiary/aromatic N) is 1. The first-order chi connectivity index (χ1) is 7.25. The van der Waals surface area contributed by atoms with Gasteiger partial charge in [-0.25, -0.2) is 0 Å². The predicted molar refractivity (Wildman–Crippen MR) is 59.3 cm³/mol. The van der Waals surface area contributed by atoms with Crippen LogP contribution in [0.4, 0.5) is 5.69 Å². The first-order valence-electron chi connectivity index (χ1n) is 5.13. The third-order valence-electron chi connectivity index (χ3n) is 2.70. The van der Waals surface area contributed by atoms with Crippen LogP contribution in [-0.4, -0.2) is 10.8 Å². The summed E-state index contributed by atoms with van der Waals surface area (Å²) in [6.45, 7) is 0. The number of Topliss-reactive ketones (excluding diaryl/α,β-unsaturated/α-hetero) is 1. The molecule has 1 aromatic rings. The number of anilines is 1. The molecule has 0 aliphatic heterocycles. The van der Waals surface area contributed by atoms with Crippen LogP contribution < -0.4 is 5.73 Å². The minimum absolute atomic E-state index is 0.331. The first-order valence-corrected chi connectivity index (χ1v) is 5.13. The van der Waals surface area contributed by atoms with E-state index in [1.165, 1.54) is 5.57 Å². The lowest BCUT2D eigenvalue weighted by atomic mass is 9.93. The van der Waals surface area contributed by atoms with E-state index in [0.29, 0.717) is 18.6 Å². The van der Waals surface area contributed by atoms with Crippen LogP contribution in [-0.2, 0) is 11.2 Å². The second-order valence-electron chi connectivity index (χ2n) is 3.86. The highest BCUT2D eigenvalue weighted by Gasteiger charge is 2.11. The monoisotopic (exact) mass is 202 g/mol. The molecule has 0 spiro atoms. The average molecular weight is 202 g/mol. The lowest BCUT2D eigenvalue weighted by molar-refractivity contribution is -0.118. The van der Waals surface area contributed by atoms with Gasteiger partial charge in [0.2, 0.25) is 0 Å². The SMILES string of the molecule is Nc1ccncc1CC1=CCC(=O)CC1. The molecule has 3 nitrogen and oxygen atoms in total. The Morgan fingerprint density at radius 1 is 1.40 bits per heavy atom. The van der Waals surface area contributed by atoms with E-state index in [2.05, 4.69) is 4.98 Å². The van der Waals surface area contributed by atoms with Crippen LogP contribution in [0.2, 0.25) is 0 Å². The zero-order valence-corrected chi connectivity index (χ0v) is 8.57. The Balaban J connectivity index is 2.10. The molecule has 1 aliphatic carbocycles. The molecule has 1 heterocycles. The fourth-order valence-electron chi connectivity index (χ4n) is 1.75. The maximum Gasteiger partial charge on any atom is 0.136 e. The van der Waals surface area contributed by atoms with E-state index in [9.17, 15) is 4.79 Å². The summed E-state index contributed by atoms with van der Waals surface area (Å²) in [5.74, 6) is 0.331. The molecule has 1 aliphatic rings. The van der Waals surface area contributed by atoms with Crippen molar-refractivity contribution >= 4 is 11.5 Å². The fourth-order valence-corrected chi connectivity index (χ4v) is 1.75. The van der Waals surface area contributed by atoms with Gasteiger partial charge in [-0.15, -0.1) is 0 Å². The van der Waals surface area contributed by atoms with Crippen molar-refractivity contribution < 1.29 is 4.79 Å². The second-order valence-corrected chi connectivity index (χ2v) is 3.86. The number of nitrogen functional groups attached to an aromatic ring is 1. The predicted octanol–water partition coefficient (Wildman–Crippen LogP) is 1.89. The van der Waals surface area contributed by atoms with Crippen LogP contribution in [0.5, 0.6) is 0 Å². The summed E-state index contributed by atoms with van der Waals surface area (Å²) >= 11 is 0. The van der Waals surface area contributed by atoms with E-state index in [-0.39, 0.29) is 0 Å². The summed E-state index contributed by atoms with van der Waals surface area (Å²) < 4.78 is 0. The summed E-state index contributed by atoms with van der Waals surface area (Å²) in [5, 5.41) is 0. The van der Waals surface area contributed by atoms with E-state index in [4.69, 9.17) is 5.73 Å². The van der Waals surface area contributed by atoms with Crippen molar-refractivity contribution in [2.75, 3.05) is 5.73 Å². The topological polar surface area (TPSA) is 56.0 Å². The van der Waals surface area contributed by atoms with E-state index >= 15 is 0 Å². The number of aromatic nitrogens is 1. The Morgan fingerprint density at radius 3 is 2.93 bits per heavy atom. The maximum atomic E-state index is 11.0. The van der Waals surface area contributed by atoms with Crippen molar-refractivity contribution in [3.8, 4) is 0 Å². The van der Waals surface area contributed by atoms with Gasteiger partial charge in [-0.1, -0.05) is 11.6 Å². The third-order valence-corrected chi connectivity index (χ3v) is 2.70. The van der Waals surface area contributed by atoms with E-state index < -0.39 is 0 Å². The number of hydrogen-bond donors (Lipinski definition) is 1. The van der Waals surface area contributed by atoms with Crippen LogP contribution in [0.15, 0.2) is 30.1 Å². The minimum atomic E-state index is 0.331. The molecule has 3 heteroatoms. The van der Waals surface area contributed by atoms with Crippen LogP contribution in [0.3, 0.4) is 0 Å². The van der Waals surface area contributed by atoms with Crippen molar-refractivity contribution in [1.82, 2.24) is 4.98 Å². The highest BCUT2D eigenvalue weighted by molar-refractivity contribution is 5.81. The highest BCUT2D eigenvalue weighted by Crippen LogP contribution is 2.21. The lowest BCUT2D eigenvalue weighted by Crippen LogP contribution is -2.06. The molecule has 0 amide bonds. The summed E-state index contributed by atoms with van der Waals surface area (Å²) in [6, 6.07) is 1.81. The van der Waals surface area contributed by atoms with Gasteiger partial charge < -0.3 is 5.73 Å². The van der Waals surface area contributed by atoms with Crippen molar-refractivity contribution in [2.24, 2.45) is 0 Å². The fraction of sp³-hybridized carbons (Fsp3) is 0.333. The summed E-state index contributed by atoms with van der Waals surface area (Å²) in [6.07, 6.45) is 8.46. The number of carbonyl (C=O) groups is 1. The molecule has 1 aromatic heterocycles. The van der Waals surface area contributed by atoms with Crippen molar-refractivity contribution in [1.29, 1.82) is 0 Å². The summed E-state index contributed by atoms with van der Waals surface area (Å²) in [4.78, 5) is 15.1. The number of rotatable bonds is 2. The van der Waals surface area contributed by atoms with Gasteiger partial charge in [0.05, 0.1) is 0 Å². The number of pyridine rings is 1. The molecule has 0 bridgehead atoms. The average Bonchev–Trinajstić information content (AvgIpc) is 2.25. The minimum Gasteiger partial charge on any atom is -0.398 e. The third kappa shape index (κ3) is 2.43. The van der Waals surface area contributed by atoms with Gasteiger partial charge in [0.25, 0.3) is 0 Å². The molecule has 2 rings (SSSR count). The van der Waals surface area contributed by atoms with Gasteiger partial charge in [-0.2, -0.15) is 0 Å². The Morgan fingerprint density at radius 2 is 2.27 bits per heavy atom. The largest absolute Gasteiger partial charge is 0.398 e. The molecule has 0 fully saturated rings. The number of allylic oxidation sites excluding steroid dienone is 2. The van der Waals surface area contributed by atoms with Gasteiger partial charge in [0, 0.05) is 30.9 Å². The Bertz CT molecular complexity index is 410. The molecule has 78 valence electrons. The van der Waals surface area contributed by atoms with Gasteiger partial charge in [0.1, 0.15) is 5.78 Å². The van der Waals surface area contributed by atoms with Crippen molar-refractivity contribution in [3.63, 3.8) is 0 Å². The number of nitrogens with two attached hydrogens (primary N) is 1. The Labute approximate surface area is 89.0 Å². The van der Waals surface area contributed by atoms with Crippen LogP contribution in [0.1, 0.15) is 24.8 Å². The highest BCUT2D eigenvalue weighted by atomic mass is 16.1. The summed E-state index contributed by atoms with van der Waals surface area (Å²) in [5.41, 5.74) is 8.97. The number of carbonyl (C=O) groups excluding carboxylic acids is 1.